The summed E-state index contributed by atoms with van der Waals surface area (Å²) in [6.07, 6.45) is 0. The summed E-state index contributed by atoms with van der Waals surface area (Å²) < 4.78 is 10.5. The van der Waals surface area contributed by atoms with Gasteiger partial charge in [0.25, 0.3) is 0 Å². The molecule has 0 unspecified atom stereocenters. The topological polar surface area (TPSA) is 76.7 Å². The molecular weight excluding hydrogens is 388 g/mol. The zero-order chi connectivity index (χ0) is 20.8. The van der Waals surface area contributed by atoms with Crippen molar-refractivity contribution in [2.75, 3.05) is 19.5 Å². The highest BCUT2D eigenvalue weighted by Gasteiger charge is 2.33. The molecule has 152 valence electrons. The molecule has 0 saturated heterocycles. The number of ether oxygens (including phenoxy) is 2. The van der Waals surface area contributed by atoms with Gasteiger partial charge in [0.1, 0.15) is 5.75 Å². The quantitative estimate of drug-likeness (QED) is 0.532. The van der Waals surface area contributed by atoms with Crippen molar-refractivity contribution < 1.29 is 19.1 Å². The highest BCUT2D eigenvalue weighted by atomic mass is 32.2. The maximum Gasteiger partial charge on any atom is 0.338 e. The molecule has 0 saturated carbocycles. The second-order valence-electron chi connectivity index (χ2n) is 6.52. The van der Waals surface area contributed by atoms with E-state index in [-0.39, 0.29) is 12.6 Å². The van der Waals surface area contributed by atoms with Crippen LogP contribution >= 0.6 is 11.8 Å². The van der Waals surface area contributed by atoms with Gasteiger partial charge in [-0.15, -0.1) is 11.8 Å². The van der Waals surface area contributed by atoms with Crippen LogP contribution in [0, 0.1) is 6.92 Å². The molecular formula is C22H24N2O4S. The lowest BCUT2D eigenvalue weighted by Gasteiger charge is -2.29. The van der Waals surface area contributed by atoms with Crippen LogP contribution < -0.4 is 15.4 Å². The Balaban J connectivity index is 1.94. The molecule has 1 heterocycles. The van der Waals surface area contributed by atoms with E-state index in [1.807, 2.05) is 43.3 Å². The Morgan fingerprint density at radius 1 is 1.10 bits per heavy atom. The number of urea groups is 1. The van der Waals surface area contributed by atoms with E-state index in [4.69, 9.17) is 9.47 Å². The van der Waals surface area contributed by atoms with Crippen molar-refractivity contribution in [3.63, 3.8) is 0 Å². The zero-order valence-electron chi connectivity index (χ0n) is 16.7. The summed E-state index contributed by atoms with van der Waals surface area (Å²) in [4.78, 5) is 26.1. The van der Waals surface area contributed by atoms with Crippen molar-refractivity contribution in [1.82, 2.24) is 10.6 Å². The fraction of sp³-hybridized carbons (Fsp3) is 0.273. The van der Waals surface area contributed by atoms with E-state index >= 15 is 0 Å². The number of rotatable bonds is 7. The van der Waals surface area contributed by atoms with Gasteiger partial charge in [0.15, 0.2) is 0 Å². The standard InChI is InChI=1S/C22H24N2O4S/c1-4-28-21(25)19-18(13-29-17-11-5-14(2)6-12-17)23-22(26)24-20(19)15-7-9-16(27-3)10-8-15/h5-12,20H,4,13H2,1-3H3,(H2,23,24,26)/t20-/m1/s1. The summed E-state index contributed by atoms with van der Waals surface area (Å²) in [7, 11) is 1.59. The van der Waals surface area contributed by atoms with Crippen molar-refractivity contribution in [2.24, 2.45) is 0 Å². The summed E-state index contributed by atoms with van der Waals surface area (Å²) in [5.41, 5.74) is 2.92. The maximum absolute atomic E-state index is 12.8. The molecule has 6 nitrogen and oxygen atoms in total. The van der Waals surface area contributed by atoms with Crippen molar-refractivity contribution in [1.29, 1.82) is 0 Å². The van der Waals surface area contributed by atoms with E-state index in [2.05, 4.69) is 10.6 Å². The zero-order valence-corrected chi connectivity index (χ0v) is 17.5. The van der Waals surface area contributed by atoms with Crippen molar-refractivity contribution in [3.8, 4) is 5.75 Å². The van der Waals surface area contributed by atoms with Crippen molar-refractivity contribution in [3.05, 3.63) is 70.9 Å². The van der Waals surface area contributed by atoms with Gasteiger partial charge in [0.05, 0.1) is 25.3 Å². The molecule has 1 aliphatic heterocycles. The summed E-state index contributed by atoms with van der Waals surface area (Å²) >= 11 is 1.55. The first-order valence-electron chi connectivity index (χ1n) is 9.33. The molecule has 7 heteroatoms. The summed E-state index contributed by atoms with van der Waals surface area (Å²) in [6.45, 7) is 4.04. The van der Waals surface area contributed by atoms with Gasteiger partial charge in [0, 0.05) is 16.3 Å². The maximum atomic E-state index is 12.8. The minimum Gasteiger partial charge on any atom is -0.497 e. The smallest absolute Gasteiger partial charge is 0.338 e. The van der Waals surface area contributed by atoms with Crippen LogP contribution in [0.4, 0.5) is 4.79 Å². The Bertz CT molecular complexity index is 907. The van der Waals surface area contributed by atoms with Gasteiger partial charge in [-0.05, 0) is 43.7 Å². The summed E-state index contributed by atoms with van der Waals surface area (Å²) in [5, 5.41) is 5.63. The molecule has 0 bridgehead atoms. The van der Waals surface area contributed by atoms with Gasteiger partial charge in [-0.2, -0.15) is 0 Å². The largest absolute Gasteiger partial charge is 0.497 e. The lowest BCUT2D eigenvalue weighted by Crippen LogP contribution is -2.46. The average molecular weight is 413 g/mol. The summed E-state index contributed by atoms with van der Waals surface area (Å²) in [5.74, 6) is 0.697. The predicted molar refractivity (Wildman–Crippen MR) is 113 cm³/mol. The fourth-order valence-electron chi connectivity index (χ4n) is 3.02. The SMILES string of the molecule is CCOC(=O)C1=C(CSc2ccc(C)cc2)NC(=O)N[C@@H]1c1ccc(OC)cc1. The van der Waals surface area contributed by atoms with E-state index < -0.39 is 12.0 Å². The Labute approximate surface area is 174 Å². The Kier molecular flexibility index (Phi) is 6.82. The van der Waals surface area contributed by atoms with E-state index in [1.54, 1.807) is 37.9 Å². The van der Waals surface area contributed by atoms with E-state index in [1.165, 1.54) is 5.56 Å². The number of carbonyl (C=O) groups excluding carboxylic acids is 2. The van der Waals surface area contributed by atoms with Gasteiger partial charge in [-0.25, -0.2) is 9.59 Å². The molecule has 2 N–H and O–H groups in total. The number of hydrogen-bond donors (Lipinski definition) is 2. The molecule has 3 rings (SSSR count). The predicted octanol–water partition coefficient (Wildman–Crippen LogP) is 3.97. The van der Waals surface area contributed by atoms with E-state index in [0.717, 1.165) is 10.5 Å². The van der Waals surface area contributed by atoms with Crippen LogP contribution in [0.25, 0.3) is 0 Å². The van der Waals surface area contributed by atoms with E-state index in [0.29, 0.717) is 22.8 Å². The van der Waals surface area contributed by atoms with Crippen LogP contribution in [0.5, 0.6) is 5.75 Å². The Hall–Kier alpha value is -2.93. The lowest BCUT2D eigenvalue weighted by atomic mass is 9.95. The van der Waals surface area contributed by atoms with Crippen molar-refractivity contribution >= 4 is 23.8 Å². The normalized spacial score (nSPS) is 16.1. The molecule has 0 aliphatic carbocycles. The van der Waals surface area contributed by atoms with Crippen LogP contribution in [-0.2, 0) is 9.53 Å². The Morgan fingerprint density at radius 2 is 1.79 bits per heavy atom. The van der Waals surface area contributed by atoms with Gasteiger partial charge in [-0.3, -0.25) is 0 Å². The second-order valence-corrected chi connectivity index (χ2v) is 7.57. The molecule has 2 aromatic rings. The molecule has 0 aromatic heterocycles. The number of methoxy groups -OCH3 is 1. The Morgan fingerprint density at radius 3 is 2.41 bits per heavy atom. The van der Waals surface area contributed by atoms with Gasteiger partial charge >= 0.3 is 12.0 Å². The average Bonchev–Trinajstić information content (AvgIpc) is 2.73. The van der Waals surface area contributed by atoms with Gasteiger partial charge in [-0.1, -0.05) is 29.8 Å². The van der Waals surface area contributed by atoms with Crippen LogP contribution in [0.2, 0.25) is 0 Å². The first-order valence-corrected chi connectivity index (χ1v) is 10.3. The van der Waals surface area contributed by atoms with Crippen molar-refractivity contribution in [2.45, 2.75) is 24.8 Å². The molecule has 2 amide bonds. The third-order valence-electron chi connectivity index (χ3n) is 4.50. The number of nitrogens with one attached hydrogen (secondary N) is 2. The molecule has 0 spiro atoms. The number of amides is 2. The molecule has 1 atom stereocenters. The highest BCUT2D eigenvalue weighted by molar-refractivity contribution is 7.99. The van der Waals surface area contributed by atoms with E-state index in [9.17, 15) is 9.59 Å². The second kappa shape index (κ2) is 9.52. The number of aryl methyl sites for hydroxylation is 1. The first-order chi connectivity index (χ1) is 14.0. The molecule has 29 heavy (non-hydrogen) atoms. The minimum absolute atomic E-state index is 0.254. The molecule has 2 aromatic carbocycles. The monoisotopic (exact) mass is 412 g/mol. The van der Waals surface area contributed by atoms with Gasteiger partial charge in [0.2, 0.25) is 0 Å². The summed E-state index contributed by atoms with van der Waals surface area (Å²) in [6, 6.07) is 14.4. The number of thioether (sulfide) groups is 1. The third kappa shape index (κ3) is 5.12. The van der Waals surface area contributed by atoms with Crippen LogP contribution in [0.1, 0.15) is 24.1 Å². The number of carbonyl (C=O) groups is 2. The number of hydrogen-bond acceptors (Lipinski definition) is 5. The van der Waals surface area contributed by atoms with Crippen LogP contribution in [0.3, 0.4) is 0 Å². The highest BCUT2D eigenvalue weighted by Crippen LogP contribution is 2.31. The number of benzene rings is 2. The third-order valence-corrected chi connectivity index (χ3v) is 5.54. The first kappa shape index (κ1) is 20.8. The van der Waals surface area contributed by atoms with Crippen LogP contribution in [-0.4, -0.2) is 31.5 Å². The van der Waals surface area contributed by atoms with Gasteiger partial charge < -0.3 is 20.1 Å². The van der Waals surface area contributed by atoms with Crippen LogP contribution in [0.15, 0.2) is 64.7 Å². The number of esters is 1. The minimum atomic E-state index is -0.595. The molecule has 0 fully saturated rings. The lowest BCUT2D eigenvalue weighted by molar-refractivity contribution is -0.139. The molecule has 1 aliphatic rings. The molecule has 0 radical (unpaired) electrons. The fourth-order valence-corrected chi connectivity index (χ4v) is 3.89.